The predicted octanol–water partition coefficient (Wildman–Crippen LogP) is 5.68. The maximum Gasteiger partial charge on any atom is 0.141 e. The number of hydrogen-bond acceptors (Lipinski definition) is 1. The largest absolute Gasteiger partial charge is 0.310 e. The van der Waals surface area contributed by atoms with Crippen LogP contribution in [0.4, 0.5) is 4.39 Å². The van der Waals surface area contributed by atoms with Crippen molar-refractivity contribution >= 4 is 34.8 Å². The lowest BCUT2D eigenvalue weighted by molar-refractivity contribution is 0.549. The first-order valence-corrected chi connectivity index (χ1v) is 7.76. The van der Waals surface area contributed by atoms with Gasteiger partial charge in [-0.1, -0.05) is 47.8 Å². The Bertz CT molecular complexity index is 611. The summed E-state index contributed by atoms with van der Waals surface area (Å²) in [5.74, 6) is -0.411. The fraction of sp³-hybridized carbons (Fsp3) is 0.250. The minimum atomic E-state index is -0.411. The number of likely N-dealkylation sites (N-methyl/N-ethyl adjacent to an activating group) is 1. The second kappa shape index (κ2) is 7.46. The Hall–Kier alpha value is -0.800. The summed E-state index contributed by atoms with van der Waals surface area (Å²) in [6.45, 7) is 2.82. The normalized spacial score (nSPS) is 12.4. The van der Waals surface area contributed by atoms with Gasteiger partial charge in [0.15, 0.2) is 0 Å². The zero-order valence-corrected chi connectivity index (χ0v) is 13.7. The summed E-state index contributed by atoms with van der Waals surface area (Å²) in [5, 5.41) is 4.70. The standard InChI is InChI=1S/C16H15Cl3FN/c1-2-21-16(11-7-12(17)9-13(18)8-11)6-10-3-4-15(20)14(19)5-10/h3-5,7-9,16,21H,2,6H2,1H3. The molecule has 0 fully saturated rings. The molecule has 2 rings (SSSR count). The Labute approximate surface area is 139 Å². The van der Waals surface area contributed by atoms with Crippen LogP contribution in [0.25, 0.3) is 0 Å². The van der Waals surface area contributed by atoms with Gasteiger partial charge in [0, 0.05) is 16.1 Å². The molecule has 1 nitrogen and oxygen atoms in total. The summed E-state index contributed by atoms with van der Waals surface area (Å²) in [6, 6.07) is 10.3. The van der Waals surface area contributed by atoms with Gasteiger partial charge in [-0.15, -0.1) is 0 Å². The van der Waals surface area contributed by atoms with Gasteiger partial charge in [0.05, 0.1) is 5.02 Å². The maximum atomic E-state index is 13.2. The van der Waals surface area contributed by atoms with Crippen molar-refractivity contribution in [3.05, 3.63) is 68.4 Å². The van der Waals surface area contributed by atoms with Crippen LogP contribution in [0.5, 0.6) is 0 Å². The van der Waals surface area contributed by atoms with Crippen molar-refractivity contribution in [3.63, 3.8) is 0 Å². The second-order valence-electron chi connectivity index (χ2n) is 4.77. The Balaban J connectivity index is 2.27. The fourth-order valence-corrected chi connectivity index (χ4v) is 2.98. The van der Waals surface area contributed by atoms with E-state index in [9.17, 15) is 4.39 Å². The number of rotatable bonds is 5. The van der Waals surface area contributed by atoms with Crippen molar-refractivity contribution in [3.8, 4) is 0 Å². The number of hydrogen-bond donors (Lipinski definition) is 1. The van der Waals surface area contributed by atoms with Gasteiger partial charge in [-0.2, -0.15) is 0 Å². The first-order chi connectivity index (χ1) is 9.99. The smallest absolute Gasteiger partial charge is 0.141 e. The molecule has 0 amide bonds. The van der Waals surface area contributed by atoms with Gasteiger partial charge in [-0.05, 0) is 54.4 Å². The van der Waals surface area contributed by atoms with E-state index in [0.29, 0.717) is 16.5 Å². The molecule has 0 bridgehead atoms. The Morgan fingerprint density at radius 3 is 2.29 bits per heavy atom. The summed E-state index contributed by atoms with van der Waals surface area (Å²) in [7, 11) is 0. The third-order valence-electron chi connectivity index (χ3n) is 3.16. The molecule has 0 aliphatic heterocycles. The predicted molar refractivity (Wildman–Crippen MR) is 88.0 cm³/mol. The first kappa shape index (κ1) is 16.6. The molecule has 112 valence electrons. The van der Waals surface area contributed by atoms with Gasteiger partial charge in [-0.3, -0.25) is 0 Å². The van der Waals surface area contributed by atoms with Crippen LogP contribution >= 0.6 is 34.8 Å². The highest BCUT2D eigenvalue weighted by molar-refractivity contribution is 6.34. The molecule has 2 aromatic carbocycles. The fourth-order valence-electron chi connectivity index (χ4n) is 2.23. The van der Waals surface area contributed by atoms with E-state index in [4.69, 9.17) is 34.8 Å². The molecule has 1 atom stereocenters. The van der Waals surface area contributed by atoms with E-state index in [2.05, 4.69) is 5.32 Å². The maximum absolute atomic E-state index is 13.2. The Morgan fingerprint density at radius 1 is 1.05 bits per heavy atom. The summed E-state index contributed by atoms with van der Waals surface area (Å²) in [4.78, 5) is 0. The third kappa shape index (κ3) is 4.58. The number of halogens is 4. The molecule has 21 heavy (non-hydrogen) atoms. The van der Waals surface area contributed by atoms with E-state index in [-0.39, 0.29) is 11.1 Å². The molecule has 1 N–H and O–H groups in total. The molecular formula is C16H15Cl3FN. The van der Waals surface area contributed by atoms with Crippen LogP contribution in [0.3, 0.4) is 0 Å². The molecule has 0 aliphatic rings. The average molecular weight is 347 g/mol. The van der Waals surface area contributed by atoms with Crippen LogP contribution < -0.4 is 5.32 Å². The molecule has 5 heteroatoms. The van der Waals surface area contributed by atoms with Crippen LogP contribution in [0, 0.1) is 5.82 Å². The molecule has 0 aromatic heterocycles. The molecule has 0 saturated heterocycles. The zero-order chi connectivity index (χ0) is 15.4. The van der Waals surface area contributed by atoms with Gasteiger partial charge in [0.25, 0.3) is 0 Å². The molecule has 0 spiro atoms. The molecule has 0 radical (unpaired) electrons. The van der Waals surface area contributed by atoms with Crippen molar-refractivity contribution < 1.29 is 4.39 Å². The number of benzene rings is 2. The van der Waals surface area contributed by atoms with E-state index >= 15 is 0 Å². The highest BCUT2D eigenvalue weighted by atomic mass is 35.5. The van der Waals surface area contributed by atoms with Crippen molar-refractivity contribution in [2.45, 2.75) is 19.4 Å². The van der Waals surface area contributed by atoms with Gasteiger partial charge in [0.1, 0.15) is 5.82 Å². The number of nitrogens with one attached hydrogen (secondary N) is 1. The van der Waals surface area contributed by atoms with E-state index in [1.807, 2.05) is 19.1 Å². The van der Waals surface area contributed by atoms with Crippen molar-refractivity contribution in [2.75, 3.05) is 6.54 Å². The van der Waals surface area contributed by atoms with Crippen LogP contribution in [0.1, 0.15) is 24.1 Å². The minimum Gasteiger partial charge on any atom is -0.310 e. The van der Waals surface area contributed by atoms with Gasteiger partial charge >= 0.3 is 0 Å². The van der Waals surface area contributed by atoms with Crippen LogP contribution in [0.15, 0.2) is 36.4 Å². The Morgan fingerprint density at radius 2 is 1.71 bits per heavy atom. The van der Waals surface area contributed by atoms with Crippen LogP contribution in [-0.4, -0.2) is 6.54 Å². The lowest BCUT2D eigenvalue weighted by atomic mass is 9.98. The highest BCUT2D eigenvalue weighted by Crippen LogP contribution is 2.27. The first-order valence-electron chi connectivity index (χ1n) is 6.63. The SMILES string of the molecule is CCNC(Cc1ccc(F)c(Cl)c1)c1cc(Cl)cc(Cl)c1. The zero-order valence-electron chi connectivity index (χ0n) is 11.5. The van der Waals surface area contributed by atoms with Gasteiger partial charge in [0.2, 0.25) is 0 Å². The lowest BCUT2D eigenvalue weighted by Gasteiger charge is -2.19. The summed E-state index contributed by atoms with van der Waals surface area (Å²) < 4.78 is 13.2. The molecule has 1 unspecified atom stereocenters. The minimum absolute atomic E-state index is 0.0349. The van der Waals surface area contributed by atoms with Crippen molar-refractivity contribution in [2.24, 2.45) is 0 Å². The topological polar surface area (TPSA) is 12.0 Å². The van der Waals surface area contributed by atoms with Crippen LogP contribution in [-0.2, 0) is 6.42 Å². The monoisotopic (exact) mass is 345 g/mol. The highest BCUT2D eigenvalue weighted by Gasteiger charge is 2.13. The van der Waals surface area contributed by atoms with E-state index in [1.54, 1.807) is 18.2 Å². The molecule has 0 aliphatic carbocycles. The molecule has 0 saturated carbocycles. The molecular weight excluding hydrogens is 332 g/mol. The van der Waals surface area contributed by atoms with Gasteiger partial charge < -0.3 is 5.32 Å². The van der Waals surface area contributed by atoms with E-state index in [0.717, 1.165) is 17.7 Å². The van der Waals surface area contributed by atoms with Crippen molar-refractivity contribution in [1.29, 1.82) is 0 Å². The lowest BCUT2D eigenvalue weighted by Crippen LogP contribution is -2.23. The molecule has 0 heterocycles. The van der Waals surface area contributed by atoms with E-state index in [1.165, 1.54) is 6.07 Å². The average Bonchev–Trinajstić information content (AvgIpc) is 2.41. The van der Waals surface area contributed by atoms with Crippen molar-refractivity contribution in [1.82, 2.24) is 5.32 Å². The summed E-state index contributed by atoms with van der Waals surface area (Å²) in [6.07, 6.45) is 0.671. The third-order valence-corrected chi connectivity index (χ3v) is 3.89. The second-order valence-corrected chi connectivity index (χ2v) is 6.05. The van der Waals surface area contributed by atoms with Crippen LogP contribution in [0.2, 0.25) is 15.1 Å². The quantitative estimate of drug-likeness (QED) is 0.734. The summed E-state index contributed by atoms with van der Waals surface area (Å²) >= 11 is 18.0. The summed E-state index contributed by atoms with van der Waals surface area (Å²) in [5.41, 5.74) is 1.94. The van der Waals surface area contributed by atoms with E-state index < -0.39 is 5.82 Å². The van der Waals surface area contributed by atoms with Gasteiger partial charge in [-0.25, -0.2) is 4.39 Å². The molecule has 2 aromatic rings. The Kier molecular flexibility index (Phi) is 5.88.